The van der Waals surface area contributed by atoms with E-state index < -0.39 is 0 Å². The van der Waals surface area contributed by atoms with Crippen LogP contribution in [0.3, 0.4) is 0 Å². The van der Waals surface area contributed by atoms with Gasteiger partial charge in [0, 0.05) is 16.7 Å². The van der Waals surface area contributed by atoms with Crippen LogP contribution in [0.15, 0.2) is 212 Å². The second-order valence-corrected chi connectivity index (χ2v) is 16.1. The molecule has 0 aliphatic heterocycles. The zero-order chi connectivity index (χ0) is 38.8. The summed E-state index contributed by atoms with van der Waals surface area (Å²) in [5.41, 5.74) is 15.8. The van der Waals surface area contributed by atoms with Crippen LogP contribution in [-0.4, -0.2) is 0 Å². The van der Waals surface area contributed by atoms with Gasteiger partial charge in [0.2, 0.25) is 0 Å². The van der Waals surface area contributed by atoms with E-state index in [4.69, 9.17) is 0 Å². The summed E-state index contributed by atoms with van der Waals surface area (Å²) in [6.07, 6.45) is 0. The minimum atomic E-state index is -0.246. The summed E-state index contributed by atoms with van der Waals surface area (Å²) in [5, 5.41) is 7.48. The van der Waals surface area contributed by atoms with Crippen LogP contribution in [0.5, 0.6) is 0 Å². The molecule has 1 aliphatic carbocycles. The van der Waals surface area contributed by atoms with Crippen LogP contribution in [0.25, 0.3) is 76.8 Å². The molecule has 0 bridgehead atoms. The molecule has 0 fully saturated rings. The van der Waals surface area contributed by atoms with E-state index in [0.717, 1.165) is 11.4 Å². The highest BCUT2D eigenvalue weighted by atomic mass is 15.1. The lowest BCUT2D eigenvalue weighted by Crippen LogP contribution is -2.21. The molecule has 1 nitrogen and oxygen atoms in total. The van der Waals surface area contributed by atoms with E-state index in [1.807, 2.05) is 0 Å². The SMILES string of the molecule is CC1(C)c2cc3ccccc3cc2-c2cccc(N(c3ccc(-c4ccc(-c5ccccc5)cc4)cc3)c3ccc4ccccc4c3-c3ccc4ccccc4c3)c21. The van der Waals surface area contributed by atoms with E-state index >= 15 is 0 Å². The van der Waals surface area contributed by atoms with Gasteiger partial charge in [0.15, 0.2) is 0 Å². The Kier molecular flexibility index (Phi) is 7.91. The highest BCUT2D eigenvalue weighted by Crippen LogP contribution is 2.56. The maximum Gasteiger partial charge on any atom is 0.0546 e. The van der Waals surface area contributed by atoms with Crippen molar-refractivity contribution in [3.8, 4) is 44.5 Å². The molecule has 274 valence electrons. The standard InChI is InChI=1S/C57H41N/c1-57(2)52-37-46-19-9-8-18-45(46)36-51(52)50-21-12-22-54(56(50)57)58(48-32-29-42(30-33-48)41-25-23-40(24-26-41)38-13-4-3-5-14-38)53-34-31-43-16-10-11-20-49(43)55(53)47-28-27-39-15-6-7-17-44(39)35-47/h3-37H,1-2H3. The van der Waals surface area contributed by atoms with E-state index in [0.29, 0.717) is 0 Å². The molecule has 10 aromatic carbocycles. The minimum Gasteiger partial charge on any atom is -0.310 e. The van der Waals surface area contributed by atoms with Crippen molar-refractivity contribution < 1.29 is 0 Å². The number of rotatable bonds is 6. The highest BCUT2D eigenvalue weighted by molar-refractivity contribution is 6.07. The summed E-state index contributed by atoms with van der Waals surface area (Å²) in [6.45, 7) is 4.81. The Hall–Kier alpha value is -7.22. The second-order valence-electron chi connectivity index (χ2n) is 16.1. The number of benzene rings is 10. The highest BCUT2D eigenvalue weighted by Gasteiger charge is 2.39. The molecule has 0 atom stereocenters. The van der Waals surface area contributed by atoms with Gasteiger partial charge in [0.05, 0.1) is 11.4 Å². The second kappa shape index (κ2) is 13.5. The summed E-state index contributed by atoms with van der Waals surface area (Å²) in [6, 6.07) is 78.3. The molecule has 0 saturated heterocycles. The molecule has 0 saturated carbocycles. The van der Waals surface area contributed by atoms with Crippen LogP contribution < -0.4 is 4.90 Å². The predicted octanol–water partition coefficient (Wildman–Crippen LogP) is 15.9. The normalized spacial score (nSPS) is 12.8. The van der Waals surface area contributed by atoms with E-state index in [9.17, 15) is 0 Å². The summed E-state index contributed by atoms with van der Waals surface area (Å²) in [5.74, 6) is 0. The van der Waals surface area contributed by atoms with Gasteiger partial charge >= 0.3 is 0 Å². The Labute approximate surface area is 340 Å². The number of fused-ring (bicyclic) bond motifs is 6. The van der Waals surface area contributed by atoms with Crippen molar-refractivity contribution in [2.24, 2.45) is 0 Å². The van der Waals surface area contributed by atoms with Crippen molar-refractivity contribution in [2.45, 2.75) is 19.3 Å². The number of anilines is 3. The van der Waals surface area contributed by atoms with Gasteiger partial charge in [-0.1, -0.05) is 184 Å². The fraction of sp³-hybridized carbons (Fsp3) is 0.0526. The molecule has 0 radical (unpaired) electrons. The third kappa shape index (κ3) is 5.54. The van der Waals surface area contributed by atoms with Crippen molar-refractivity contribution in [2.75, 3.05) is 4.90 Å². The first kappa shape index (κ1) is 34.1. The monoisotopic (exact) mass is 739 g/mol. The molecule has 0 aromatic heterocycles. The number of nitrogens with zero attached hydrogens (tertiary/aromatic N) is 1. The fourth-order valence-electron chi connectivity index (χ4n) is 9.51. The molecule has 0 N–H and O–H groups in total. The van der Waals surface area contributed by atoms with Crippen molar-refractivity contribution in [3.63, 3.8) is 0 Å². The topological polar surface area (TPSA) is 3.24 Å². The molecule has 1 heteroatoms. The van der Waals surface area contributed by atoms with Crippen LogP contribution in [0.2, 0.25) is 0 Å². The summed E-state index contributed by atoms with van der Waals surface area (Å²) < 4.78 is 0. The van der Waals surface area contributed by atoms with Gasteiger partial charge < -0.3 is 4.90 Å². The zero-order valence-electron chi connectivity index (χ0n) is 32.7. The Balaban J connectivity index is 1.13. The van der Waals surface area contributed by atoms with Gasteiger partial charge in [-0.05, 0) is 125 Å². The van der Waals surface area contributed by atoms with Crippen molar-refractivity contribution in [3.05, 3.63) is 223 Å². The smallest absolute Gasteiger partial charge is 0.0546 e. The molecule has 0 heterocycles. The Morgan fingerprint density at radius 2 is 0.879 bits per heavy atom. The van der Waals surface area contributed by atoms with Gasteiger partial charge in [-0.25, -0.2) is 0 Å². The first-order valence-corrected chi connectivity index (χ1v) is 20.3. The molecule has 11 rings (SSSR count). The fourth-order valence-corrected chi connectivity index (χ4v) is 9.51. The summed E-state index contributed by atoms with van der Waals surface area (Å²) in [4.78, 5) is 2.53. The van der Waals surface area contributed by atoms with Gasteiger partial charge in [-0.15, -0.1) is 0 Å². The van der Waals surface area contributed by atoms with Crippen molar-refractivity contribution in [1.29, 1.82) is 0 Å². The van der Waals surface area contributed by atoms with E-state index in [1.54, 1.807) is 0 Å². The van der Waals surface area contributed by atoms with Crippen LogP contribution in [-0.2, 0) is 5.41 Å². The molecule has 0 unspecified atom stereocenters. The third-order valence-electron chi connectivity index (χ3n) is 12.4. The van der Waals surface area contributed by atoms with E-state index in [2.05, 4.69) is 231 Å². The predicted molar refractivity (Wildman–Crippen MR) is 248 cm³/mol. The molecule has 58 heavy (non-hydrogen) atoms. The molecule has 10 aromatic rings. The van der Waals surface area contributed by atoms with Crippen molar-refractivity contribution >= 4 is 49.4 Å². The molecular weight excluding hydrogens is 699 g/mol. The lowest BCUT2D eigenvalue weighted by molar-refractivity contribution is 0.661. The maximum absolute atomic E-state index is 2.53. The summed E-state index contributed by atoms with van der Waals surface area (Å²) in [7, 11) is 0. The van der Waals surface area contributed by atoms with Gasteiger partial charge in [0.25, 0.3) is 0 Å². The first-order valence-electron chi connectivity index (χ1n) is 20.3. The number of hydrogen-bond donors (Lipinski definition) is 0. The average Bonchev–Trinajstić information content (AvgIpc) is 3.51. The molecule has 1 aliphatic rings. The van der Waals surface area contributed by atoms with Crippen molar-refractivity contribution in [1.82, 2.24) is 0 Å². The molecular formula is C57H41N. The van der Waals surface area contributed by atoms with Crippen LogP contribution in [0.4, 0.5) is 17.1 Å². The lowest BCUT2D eigenvalue weighted by Gasteiger charge is -2.34. The third-order valence-corrected chi connectivity index (χ3v) is 12.4. The Morgan fingerprint density at radius 3 is 1.59 bits per heavy atom. The lowest BCUT2D eigenvalue weighted by atomic mass is 9.80. The maximum atomic E-state index is 2.53. The van der Waals surface area contributed by atoms with E-state index in [1.165, 1.54) is 93.6 Å². The zero-order valence-corrected chi connectivity index (χ0v) is 32.7. The summed E-state index contributed by atoms with van der Waals surface area (Å²) >= 11 is 0. The Bertz CT molecular complexity index is 3170. The van der Waals surface area contributed by atoms with Gasteiger partial charge in [-0.2, -0.15) is 0 Å². The van der Waals surface area contributed by atoms with Crippen LogP contribution in [0, 0.1) is 0 Å². The minimum absolute atomic E-state index is 0.246. The first-order chi connectivity index (χ1) is 28.5. The Morgan fingerprint density at radius 1 is 0.345 bits per heavy atom. The van der Waals surface area contributed by atoms with E-state index in [-0.39, 0.29) is 5.41 Å². The van der Waals surface area contributed by atoms with Gasteiger partial charge in [-0.3, -0.25) is 0 Å². The van der Waals surface area contributed by atoms with Crippen LogP contribution >= 0.6 is 0 Å². The molecule has 0 amide bonds. The number of hydrogen-bond acceptors (Lipinski definition) is 1. The van der Waals surface area contributed by atoms with Gasteiger partial charge in [0.1, 0.15) is 0 Å². The quantitative estimate of drug-likeness (QED) is 0.164. The average molecular weight is 740 g/mol. The molecule has 0 spiro atoms. The largest absolute Gasteiger partial charge is 0.310 e. The van der Waals surface area contributed by atoms with Crippen LogP contribution in [0.1, 0.15) is 25.0 Å².